The van der Waals surface area contributed by atoms with E-state index < -0.39 is 0 Å². The van der Waals surface area contributed by atoms with Crippen LogP contribution in [0.1, 0.15) is 35.8 Å². The molecule has 0 spiro atoms. The molecule has 7 heteroatoms. The van der Waals surface area contributed by atoms with Crippen LogP contribution in [-0.2, 0) is 0 Å². The Bertz CT molecular complexity index is 1170. The second-order valence-corrected chi connectivity index (χ2v) is 6.99. The number of carbonyl (C=O) groups excluding carboxylic acids is 1. The molecule has 3 heterocycles. The number of hydrogen-bond acceptors (Lipinski definition) is 3. The topological polar surface area (TPSA) is 64.2 Å². The van der Waals surface area contributed by atoms with Gasteiger partial charge in [-0.1, -0.05) is 6.07 Å². The lowest BCUT2D eigenvalue weighted by molar-refractivity contribution is 0.102. The van der Waals surface area contributed by atoms with Gasteiger partial charge in [-0.3, -0.25) is 9.48 Å². The molecule has 6 nitrogen and oxygen atoms in total. The summed E-state index contributed by atoms with van der Waals surface area (Å²) in [7, 11) is 0. The number of nitrogens with one attached hydrogen (secondary N) is 1. The molecule has 0 saturated heterocycles. The molecule has 0 bridgehead atoms. The molecule has 0 aliphatic heterocycles. The van der Waals surface area contributed by atoms with Crippen molar-refractivity contribution >= 4 is 17.1 Å². The van der Waals surface area contributed by atoms with Gasteiger partial charge in [0.15, 0.2) is 0 Å². The van der Waals surface area contributed by atoms with Crippen molar-refractivity contribution in [3.05, 3.63) is 72.1 Å². The van der Waals surface area contributed by atoms with Crippen molar-refractivity contribution < 1.29 is 9.18 Å². The van der Waals surface area contributed by atoms with Gasteiger partial charge in [0, 0.05) is 35.2 Å². The lowest BCUT2D eigenvalue weighted by Crippen LogP contribution is -2.13. The summed E-state index contributed by atoms with van der Waals surface area (Å²) in [6.07, 6.45) is 6.73. The van der Waals surface area contributed by atoms with Crippen LogP contribution in [0.4, 0.5) is 10.1 Å². The van der Waals surface area contributed by atoms with Gasteiger partial charge in [0.25, 0.3) is 5.91 Å². The molecule has 4 aromatic rings. The number of amides is 1. The van der Waals surface area contributed by atoms with Crippen LogP contribution in [0.5, 0.6) is 0 Å². The third-order valence-electron chi connectivity index (χ3n) is 4.67. The fourth-order valence-electron chi connectivity index (χ4n) is 3.09. The average Bonchev–Trinajstić information content (AvgIpc) is 3.31. The molecule has 0 aliphatic rings. The maximum atomic E-state index is 14.6. The number of nitrogens with zero attached hydrogens (tertiary/aromatic N) is 4. The van der Waals surface area contributed by atoms with E-state index in [2.05, 4.69) is 15.5 Å². The summed E-state index contributed by atoms with van der Waals surface area (Å²) in [5, 5.41) is 11.3. The van der Waals surface area contributed by atoms with E-state index in [0.29, 0.717) is 33.5 Å². The van der Waals surface area contributed by atoms with E-state index >= 15 is 0 Å². The largest absolute Gasteiger partial charge is 0.322 e. The maximum Gasteiger partial charge on any atom is 0.259 e. The fourth-order valence-corrected chi connectivity index (χ4v) is 3.09. The van der Waals surface area contributed by atoms with E-state index in [1.54, 1.807) is 40.8 Å². The van der Waals surface area contributed by atoms with Crippen LogP contribution in [-0.4, -0.2) is 25.3 Å². The SMILES string of the molecule is Cc1cc(F)c(-c2cnn(C(C)C)c2)cc1NC(=O)c1cnn2ccccc12. The van der Waals surface area contributed by atoms with Crippen molar-refractivity contribution in [1.29, 1.82) is 0 Å². The summed E-state index contributed by atoms with van der Waals surface area (Å²) in [4.78, 5) is 12.8. The highest BCUT2D eigenvalue weighted by atomic mass is 19.1. The minimum atomic E-state index is -0.352. The summed E-state index contributed by atoms with van der Waals surface area (Å²) in [5.41, 5.74) is 3.42. The van der Waals surface area contributed by atoms with Crippen molar-refractivity contribution in [2.24, 2.45) is 0 Å². The number of aromatic nitrogens is 4. The third kappa shape index (κ3) is 3.15. The fraction of sp³-hybridized carbons (Fsp3) is 0.190. The molecule has 0 fully saturated rings. The van der Waals surface area contributed by atoms with Crippen molar-refractivity contribution in [3.63, 3.8) is 0 Å². The summed E-state index contributed by atoms with van der Waals surface area (Å²) in [6.45, 7) is 5.77. The maximum absolute atomic E-state index is 14.6. The van der Waals surface area contributed by atoms with E-state index in [0.717, 1.165) is 0 Å². The number of halogens is 1. The van der Waals surface area contributed by atoms with Crippen LogP contribution in [0.15, 0.2) is 55.1 Å². The number of pyridine rings is 1. The Kier molecular flexibility index (Phi) is 4.43. The molecular weight excluding hydrogens is 357 g/mol. The molecule has 3 aromatic heterocycles. The van der Waals surface area contributed by atoms with Gasteiger partial charge < -0.3 is 5.32 Å². The highest BCUT2D eigenvalue weighted by Gasteiger charge is 2.16. The van der Waals surface area contributed by atoms with Gasteiger partial charge in [-0.15, -0.1) is 0 Å². The van der Waals surface area contributed by atoms with Gasteiger partial charge >= 0.3 is 0 Å². The predicted octanol–water partition coefficient (Wildman–Crippen LogP) is 4.48. The van der Waals surface area contributed by atoms with Gasteiger partial charge in [0.1, 0.15) is 5.82 Å². The number of benzene rings is 1. The van der Waals surface area contributed by atoms with E-state index in [-0.39, 0.29) is 17.8 Å². The quantitative estimate of drug-likeness (QED) is 0.570. The molecular formula is C21H20FN5O. The lowest BCUT2D eigenvalue weighted by atomic mass is 10.0. The zero-order valence-electron chi connectivity index (χ0n) is 15.8. The van der Waals surface area contributed by atoms with Crippen molar-refractivity contribution in [2.45, 2.75) is 26.8 Å². The Morgan fingerprint density at radius 1 is 1.18 bits per heavy atom. The molecule has 28 heavy (non-hydrogen) atoms. The van der Waals surface area contributed by atoms with Crippen molar-refractivity contribution in [3.8, 4) is 11.1 Å². The molecule has 4 rings (SSSR count). The van der Waals surface area contributed by atoms with Crippen molar-refractivity contribution in [1.82, 2.24) is 19.4 Å². The number of aryl methyl sites for hydroxylation is 1. The summed E-state index contributed by atoms with van der Waals surface area (Å²) >= 11 is 0. The Morgan fingerprint density at radius 3 is 2.75 bits per heavy atom. The minimum Gasteiger partial charge on any atom is -0.322 e. The first-order valence-corrected chi connectivity index (χ1v) is 9.02. The Balaban J connectivity index is 1.68. The van der Waals surface area contributed by atoms with E-state index in [4.69, 9.17) is 0 Å². The summed E-state index contributed by atoms with van der Waals surface area (Å²) in [6, 6.07) is 8.77. The van der Waals surface area contributed by atoms with Crippen LogP contribution in [0.2, 0.25) is 0 Å². The van der Waals surface area contributed by atoms with E-state index in [1.807, 2.05) is 32.0 Å². The summed E-state index contributed by atoms with van der Waals surface area (Å²) < 4.78 is 18.0. The molecule has 0 radical (unpaired) electrons. The molecule has 1 amide bonds. The number of rotatable bonds is 4. The molecule has 142 valence electrons. The second kappa shape index (κ2) is 6.92. The van der Waals surface area contributed by atoms with Crippen LogP contribution in [0.3, 0.4) is 0 Å². The lowest BCUT2D eigenvalue weighted by Gasteiger charge is -2.11. The monoisotopic (exact) mass is 377 g/mol. The van der Waals surface area contributed by atoms with E-state index in [9.17, 15) is 9.18 Å². The number of anilines is 1. The Labute approximate surface area is 161 Å². The van der Waals surface area contributed by atoms with Gasteiger partial charge in [-0.25, -0.2) is 8.91 Å². The Morgan fingerprint density at radius 2 is 2.00 bits per heavy atom. The second-order valence-electron chi connectivity index (χ2n) is 6.99. The molecule has 1 aromatic carbocycles. The minimum absolute atomic E-state index is 0.178. The standard InChI is InChI=1S/C21H20FN5O/c1-13(2)27-12-15(10-23-27)16-9-19(14(3)8-18(16)22)25-21(28)17-11-24-26-7-5-4-6-20(17)26/h4-13H,1-3H3,(H,25,28). The summed E-state index contributed by atoms with van der Waals surface area (Å²) in [5.74, 6) is -0.644. The van der Waals surface area contributed by atoms with Crippen LogP contribution >= 0.6 is 0 Å². The smallest absolute Gasteiger partial charge is 0.259 e. The number of carbonyl (C=O) groups is 1. The Hall–Kier alpha value is -3.48. The molecule has 1 N–H and O–H groups in total. The zero-order valence-corrected chi connectivity index (χ0v) is 15.8. The molecule has 0 saturated carbocycles. The normalized spacial score (nSPS) is 11.3. The predicted molar refractivity (Wildman–Crippen MR) is 106 cm³/mol. The highest BCUT2D eigenvalue weighted by molar-refractivity contribution is 6.09. The number of fused-ring (bicyclic) bond motifs is 1. The van der Waals surface area contributed by atoms with E-state index in [1.165, 1.54) is 12.3 Å². The average molecular weight is 377 g/mol. The van der Waals surface area contributed by atoms with Crippen LogP contribution in [0.25, 0.3) is 16.6 Å². The van der Waals surface area contributed by atoms with Crippen LogP contribution < -0.4 is 5.32 Å². The van der Waals surface area contributed by atoms with Crippen LogP contribution in [0, 0.1) is 12.7 Å². The van der Waals surface area contributed by atoms with Gasteiger partial charge in [0.05, 0.1) is 23.5 Å². The number of hydrogen-bond donors (Lipinski definition) is 1. The zero-order chi connectivity index (χ0) is 19.8. The molecule has 0 atom stereocenters. The van der Waals surface area contributed by atoms with Gasteiger partial charge in [0.2, 0.25) is 0 Å². The third-order valence-corrected chi connectivity index (χ3v) is 4.67. The molecule has 0 unspecified atom stereocenters. The highest BCUT2D eigenvalue weighted by Crippen LogP contribution is 2.29. The van der Waals surface area contributed by atoms with Gasteiger partial charge in [-0.05, 0) is 50.6 Å². The first kappa shape index (κ1) is 17.9. The van der Waals surface area contributed by atoms with Crippen molar-refractivity contribution in [2.75, 3.05) is 5.32 Å². The first-order valence-electron chi connectivity index (χ1n) is 9.02. The first-order chi connectivity index (χ1) is 13.4. The van der Waals surface area contributed by atoms with Gasteiger partial charge in [-0.2, -0.15) is 10.2 Å². The molecule has 0 aliphatic carbocycles.